The van der Waals surface area contributed by atoms with Crippen LogP contribution in [-0.4, -0.2) is 48.0 Å². The van der Waals surface area contributed by atoms with E-state index < -0.39 is 21.4 Å². The number of nitrogens with zero attached hydrogens (tertiary/aromatic N) is 2. The largest absolute Gasteiger partial charge is 0.390 e. The van der Waals surface area contributed by atoms with Crippen LogP contribution in [0.25, 0.3) is 10.2 Å². The van der Waals surface area contributed by atoms with Crippen LogP contribution in [0.1, 0.15) is 43.5 Å². The summed E-state index contributed by atoms with van der Waals surface area (Å²) in [5.41, 5.74) is 5.67. The fraction of sp³-hybridized carbons (Fsp3) is 0.391. The number of nitrogen functional groups attached to an aromatic ring is 1. The molecule has 34 heavy (non-hydrogen) atoms. The summed E-state index contributed by atoms with van der Waals surface area (Å²) in [5, 5.41) is 10.8. The van der Waals surface area contributed by atoms with Gasteiger partial charge in [0.05, 0.1) is 10.3 Å². The number of aliphatic hydroxyl groups is 1. The molecular formula is C23H27FN4O4S2. The zero-order chi connectivity index (χ0) is 24.7. The molecular weight excluding hydrogens is 479 g/mol. The standard InChI is InChI=1S/C23H27FN4O4S2/c1-14(2)13-23(30)7-9-28(10-8-23)21(29)15-3-5-17(6-4-15)27-34(31,32)19-12-16(24)11-18-20(19)26-22(25)33-18/h3-6,11-12,14,27,30H,7-10,13H2,1-2H3,(H2,25,26). The van der Waals surface area contributed by atoms with Gasteiger partial charge in [-0.15, -0.1) is 0 Å². The number of carbonyl (C=O) groups is 1. The summed E-state index contributed by atoms with van der Waals surface area (Å²) < 4.78 is 42.6. The van der Waals surface area contributed by atoms with Gasteiger partial charge in [0.1, 0.15) is 16.2 Å². The fourth-order valence-corrected chi connectivity index (χ4v) is 6.44. The SMILES string of the molecule is CC(C)CC1(O)CCN(C(=O)c2ccc(NS(=O)(=O)c3cc(F)cc4sc(N)nc34)cc2)CC1. The van der Waals surface area contributed by atoms with Crippen LogP contribution < -0.4 is 10.5 Å². The highest BCUT2D eigenvalue weighted by Crippen LogP contribution is 2.32. The number of nitrogens with one attached hydrogen (secondary N) is 1. The molecule has 4 N–H and O–H groups in total. The third-order valence-corrected chi connectivity index (χ3v) is 8.11. The molecule has 1 fully saturated rings. The Kier molecular flexibility index (Phi) is 6.54. The van der Waals surface area contributed by atoms with Crippen LogP contribution in [0.3, 0.4) is 0 Å². The third-order valence-electron chi connectivity index (χ3n) is 5.88. The summed E-state index contributed by atoms with van der Waals surface area (Å²) >= 11 is 1.00. The summed E-state index contributed by atoms with van der Waals surface area (Å²) in [5.74, 6) is -0.509. The normalized spacial score (nSPS) is 16.2. The lowest BCUT2D eigenvalue weighted by atomic mass is 9.84. The highest BCUT2D eigenvalue weighted by Gasteiger charge is 2.34. The third kappa shape index (κ3) is 5.16. The van der Waals surface area contributed by atoms with Gasteiger partial charge >= 0.3 is 0 Å². The fourth-order valence-electron chi connectivity index (χ4n) is 4.35. The number of fused-ring (bicyclic) bond motifs is 1. The zero-order valence-corrected chi connectivity index (χ0v) is 20.5. The van der Waals surface area contributed by atoms with Crippen molar-refractivity contribution in [2.45, 2.75) is 43.6 Å². The number of carbonyl (C=O) groups excluding carboxylic acids is 1. The van der Waals surface area contributed by atoms with E-state index in [4.69, 9.17) is 5.73 Å². The molecule has 0 aliphatic carbocycles. The van der Waals surface area contributed by atoms with Crippen molar-refractivity contribution in [3.05, 3.63) is 47.8 Å². The van der Waals surface area contributed by atoms with Crippen LogP contribution >= 0.6 is 11.3 Å². The molecule has 3 aromatic rings. The molecule has 0 bridgehead atoms. The van der Waals surface area contributed by atoms with Crippen molar-refractivity contribution in [3.8, 4) is 0 Å². The number of hydrogen-bond donors (Lipinski definition) is 3. The molecule has 0 unspecified atom stereocenters. The van der Waals surface area contributed by atoms with Gasteiger partial charge in [-0.3, -0.25) is 9.52 Å². The first-order valence-electron chi connectivity index (χ1n) is 11.0. The second kappa shape index (κ2) is 9.12. The van der Waals surface area contributed by atoms with E-state index in [1.807, 2.05) is 0 Å². The van der Waals surface area contributed by atoms with Crippen molar-refractivity contribution in [1.29, 1.82) is 0 Å². The van der Waals surface area contributed by atoms with E-state index >= 15 is 0 Å². The Morgan fingerprint density at radius 1 is 1.26 bits per heavy atom. The maximum atomic E-state index is 14.0. The molecule has 182 valence electrons. The Labute approximate surface area is 201 Å². The van der Waals surface area contributed by atoms with E-state index in [2.05, 4.69) is 23.6 Å². The monoisotopic (exact) mass is 506 g/mol. The summed E-state index contributed by atoms with van der Waals surface area (Å²) in [6.45, 7) is 5.05. The van der Waals surface area contributed by atoms with Crippen molar-refractivity contribution in [2.75, 3.05) is 23.5 Å². The first-order chi connectivity index (χ1) is 16.0. The smallest absolute Gasteiger partial charge is 0.264 e. The minimum absolute atomic E-state index is 0.103. The van der Waals surface area contributed by atoms with E-state index in [9.17, 15) is 22.7 Å². The van der Waals surface area contributed by atoms with Crippen LogP contribution in [0.5, 0.6) is 0 Å². The first kappa shape index (κ1) is 24.4. The molecule has 2 heterocycles. The van der Waals surface area contributed by atoms with Crippen molar-refractivity contribution in [3.63, 3.8) is 0 Å². The number of nitrogens with two attached hydrogens (primary N) is 1. The second-order valence-corrected chi connectivity index (χ2v) is 11.8. The zero-order valence-electron chi connectivity index (χ0n) is 18.9. The number of sulfonamides is 1. The predicted molar refractivity (Wildman–Crippen MR) is 131 cm³/mol. The number of thiazole rings is 1. The number of amides is 1. The highest BCUT2D eigenvalue weighted by molar-refractivity contribution is 7.93. The molecule has 1 aliphatic rings. The van der Waals surface area contributed by atoms with Crippen LogP contribution in [0, 0.1) is 11.7 Å². The minimum Gasteiger partial charge on any atom is -0.390 e. The maximum absolute atomic E-state index is 14.0. The lowest BCUT2D eigenvalue weighted by Crippen LogP contribution is -2.47. The molecule has 1 aromatic heterocycles. The summed E-state index contributed by atoms with van der Waals surface area (Å²) in [4.78, 5) is 18.3. The Hall–Kier alpha value is -2.76. The second-order valence-electron chi connectivity index (χ2n) is 9.10. The first-order valence-corrected chi connectivity index (χ1v) is 13.3. The van der Waals surface area contributed by atoms with Gasteiger partial charge in [0.2, 0.25) is 0 Å². The molecule has 11 heteroatoms. The molecule has 0 radical (unpaired) electrons. The lowest BCUT2D eigenvalue weighted by molar-refractivity contribution is -0.0311. The van der Waals surface area contributed by atoms with Gasteiger partial charge in [-0.05, 0) is 61.6 Å². The van der Waals surface area contributed by atoms with Crippen molar-refractivity contribution < 1.29 is 22.7 Å². The maximum Gasteiger partial charge on any atom is 0.264 e. The van der Waals surface area contributed by atoms with Crippen molar-refractivity contribution in [1.82, 2.24) is 9.88 Å². The molecule has 8 nitrogen and oxygen atoms in total. The van der Waals surface area contributed by atoms with E-state index in [0.717, 1.165) is 17.4 Å². The number of piperidine rings is 1. The van der Waals surface area contributed by atoms with Gasteiger partial charge in [0.25, 0.3) is 15.9 Å². The molecule has 1 amide bonds. The van der Waals surface area contributed by atoms with Gasteiger partial charge in [0, 0.05) is 24.3 Å². The van der Waals surface area contributed by atoms with E-state index in [0.29, 0.717) is 48.5 Å². The molecule has 0 atom stereocenters. The average molecular weight is 507 g/mol. The summed E-state index contributed by atoms with van der Waals surface area (Å²) in [7, 11) is -4.15. The Morgan fingerprint density at radius 2 is 1.91 bits per heavy atom. The number of hydrogen-bond acceptors (Lipinski definition) is 7. The molecule has 0 saturated carbocycles. The van der Waals surface area contributed by atoms with Crippen molar-refractivity contribution in [2.24, 2.45) is 5.92 Å². The Morgan fingerprint density at radius 3 is 2.53 bits per heavy atom. The van der Waals surface area contributed by atoms with Crippen LogP contribution in [0.15, 0.2) is 41.3 Å². The number of anilines is 2. The quantitative estimate of drug-likeness (QED) is 0.467. The van der Waals surface area contributed by atoms with Crippen molar-refractivity contribution >= 4 is 48.3 Å². The molecule has 4 rings (SSSR count). The topological polar surface area (TPSA) is 126 Å². The lowest BCUT2D eigenvalue weighted by Gasteiger charge is -2.39. The Bertz CT molecular complexity index is 1310. The van der Waals surface area contributed by atoms with E-state index in [-0.39, 0.29) is 27.1 Å². The van der Waals surface area contributed by atoms with Gasteiger partial charge in [-0.25, -0.2) is 17.8 Å². The number of likely N-dealkylation sites (tertiary alicyclic amines) is 1. The Balaban J connectivity index is 1.47. The summed E-state index contributed by atoms with van der Waals surface area (Å²) in [6, 6.07) is 8.13. The number of halogens is 1. The van der Waals surface area contributed by atoms with Gasteiger partial charge in [0.15, 0.2) is 5.13 Å². The van der Waals surface area contributed by atoms with Crippen LogP contribution in [0.2, 0.25) is 0 Å². The number of aromatic nitrogens is 1. The predicted octanol–water partition coefficient (Wildman–Crippen LogP) is 3.83. The highest BCUT2D eigenvalue weighted by atomic mass is 32.2. The molecule has 1 aliphatic heterocycles. The van der Waals surface area contributed by atoms with Crippen LogP contribution in [0.4, 0.5) is 15.2 Å². The minimum atomic E-state index is -4.15. The van der Waals surface area contributed by atoms with Gasteiger partial charge < -0.3 is 15.7 Å². The number of rotatable bonds is 6. The average Bonchev–Trinajstić information content (AvgIpc) is 3.12. The molecule has 0 spiro atoms. The van der Waals surface area contributed by atoms with Gasteiger partial charge in [-0.1, -0.05) is 25.2 Å². The molecule has 2 aromatic carbocycles. The summed E-state index contributed by atoms with van der Waals surface area (Å²) in [6.07, 6.45) is 1.76. The molecule has 1 saturated heterocycles. The van der Waals surface area contributed by atoms with Gasteiger partial charge in [-0.2, -0.15) is 0 Å². The number of benzene rings is 2. The van der Waals surface area contributed by atoms with E-state index in [1.165, 1.54) is 30.3 Å². The van der Waals surface area contributed by atoms with Crippen LogP contribution in [-0.2, 0) is 10.0 Å². The van der Waals surface area contributed by atoms with E-state index in [1.54, 1.807) is 4.90 Å².